The number of benzene rings is 1. The molecule has 100 valence electrons. The van der Waals surface area contributed by atoms with Gasteiger partial charge in [-0.2, -0.15) is 13.2 Å². The molecule has 0 radical (unpaired) electrons. The second-order valence-corrected chi connectivity index (χ2v) is 3.87. The Balaban J connectivity index is 2.08. The first-order chi connectivity index (χ1) is 8.95. The Bertz CT molecular complexity index is 570. The molecule has 1 heterocycles. The third kappa shape index (κ3) is 3.61. The molecule has 2 rings (SSSR count). The van der Waals surface area contributed by atoms with Crippen LogP contribution in [0.2, 0.25) is 0 Å². The monoisotopic (exact) mass is 268 g/mol. The first kappa shape index (κ1) is 13.2. The van der Waals surface area contributed by atoms with E-state index in [-0.39, 0.29) is 12.4 Å². The van der Waals surface area contributed by atoms with Crippen LogP contribution >= 0.6 is 0 Å². The Morgan fingerprint density at radius 3 is 2.53 bits per heavy atom. The summed E-state index contributed by atoms with van der Waals surface area (Å²) in [7, 11) is 0. The number of halogens is 3. The van der Waals surface area contributed by atoms with Gasteiger partial charge in [-0.3, -0.25) is 0 Å². The maximum Gasteiger partial charge on any atom is 0.416 e. The van der Waals surface area contributed by atoms with Crippen molar-refractivity contribution in [1.82, 2.24) is 4.98 Å². The molecule has 0 saturated carbocycles. The van der Waals surface area contributed by atoms with Crippen molar-refractivity contribution < 1.29 is 17.9 Å². The minimum atomic E-state index is -4.38. The largest absolute Gasteiger partial charge is 0.487 e. The number of nitrogen functional groups attached to an aromatic ring is 1. The van der Waals surface area contributed by atoms with Gasteiger partial charge in [-0.25, -0.2) is 4.98 Å². The molecule has 0 bridgehead atoms. The van der Waals surface area contributed by atoms with E-state index in [1.165, 1.54) is 12.1 Å². The number of pyridine rings is 1. The number of aromatic nitrogens is 1. The van der Waals surface area contributed by atoms with Crippen LogP contribution in [0.3, 0.4) is 0 Å². The van der Waals surface area contributed by atoms with E-state index in [1.807, 2.05) is 0 Å². The highest BCUT2D eigenvalue weighted by atomic mass is 19.4. The molecule has 0 fully saturated rings. The quantitative estimate of drug-likeness (QED) is 0.929. The van der Waals surface area contributed by atoms with Gasteiger partial charge in [0.25, 0.3) is 0 Å². The Hall–Kier alpha value is -2.24. The molecule has 6 heteroatoms. The fourth-order valence-electron chi connectivity index (χ4n) is 1.50. The van der Waals surface area contributed by atoms with Crippen molar-refractivity contribution in [2.24, 2.45) is 0 Å². The molecule has 0 aliphatic carbocycles. The second kappa shape index (κ2) is 5.17. The summed E-state index contributed by atoms with van der Waals surface area (Å²) in [5, 5.41) is 0. The number of ether oxygens (including phenoxy) is 1. The van der Waals surface area contributed by atoms with Crippen LogP contribution in [0.15, 0.2) is 42.5 Å². The molecule has 1 aromatic heterocycles. The molecule has 2 N–H and O–H groups in total. The van der Waals surface area contributed by atoms with E-state index in [4.69, 9.17) is 10.5 Å². The van der Waals surface area contributed by atoms with Gasteiger partial charge in [0.15, 0.2) is 0 Å². The highest BCUT2D eigenvalue weighted by Crippen LogP contribution is 2.31. The highest BCUT2D eigenvalue weighted by Gasteiger charge is 2.30. The zero-order chi connectivity index (χ0) is 13.9. The predicted octanol–water partition coefficient (Wildman–Crippen LogP) is 3.26. The Morgan fingerprint density at radius 2 is 1.84 bits per heavy atom. The number of nitrogens with zero attached hydrogens (tertiary/aromatic N) is 1. The topological polar surface area (TPSA) is 48.1 Å². The van der Waals surface area contributed by atoms with Crippen LogP contribution in [0.25, 0.3) is 0 Å². The molecule has 0 atom stereocenters. The SMILES string of the molecule is Nc1cccc(COc2cccc(C(F)(F)F)c2)n1. The zero-order valence-electron chi connectivity index (χ0n) is 9.82. The van der Waals surface area contributed by atoms with Crippen LogP contribution in [0.4, 0.5) is 19.0 Å². The average Bonchev–Trinajstić information content (AvgIpc) is 2.36. The van der Waals surface area contributed by atoms with Gasteiger partial charge < -0.3 is 10.5 Å². The summed E-state index contributed by atoms with van der Waals surface area (Å²) in [6.45, 7) is 0.0619. The Kier molecular flexibility index (Phi) is 3.59. The van der Waals surface area contributed by atoms with Crippen LogP contribution in [0, 0.1) is 0 Å². The smallest absolute Gasteiger partial charge is 0.416 e. The van der Waals surface area contributed by atoms with E-state index >= 15 is 0 Å². The van der Waals surface area contributed by atoms with Gasteiger partial charge in [-0.1, -0.05) is 12.1 Å². The number of nitrogens with two attached hydrogens (primary N) is 1. The Labute approximate surface area is 107 Å². The van der Waals surface area contributed by atoms with Gasteiger partial charge in [0.1, 0.15) is 18.2 Å². The van der Waals surface area contributed by atoms with Crippen molar-refractivity contribution in [1.29, 1.82) is 0 Å². The average molecular weight is 268 g/mol. The summed E-state index contributed by atoms with van der Waals surface area (Å²) in [6, 6.07) is 9.70. The summed E-state index contributed by atoms with van der Waals surface area (Å²) in [5.74, 6) is 0.476. The molecule has 0 unspecified atom stereocenters. The summed E-state index contributed by atoms with van der Waals surface area (Å²) < 4.78 is 42.8. The molecular formula is C13H11F3N2O. The summed E-state index contributed by atoms with van der Waals surface area (Å²) in [4.78, 5) is 3.99. The van der Waals surface area contributed by atoms with Crippen molar-refractivity contribution in [3.63, 3.8) is 0 Å². The lowest BCUT2D eigenvalue weighted by Crippen LogP contribution is -2.05. The van der Waals surface area contributed by atoms with Crippen molar-refractivity contribution in [2.75, 3.05) is 5.73 Å². The number of alkyl halides is 3. The third-order valence-corrected chi connectivity index (χ3v) is 2.38. The first-order valence-corrected chi connectivity index (χ1v) is 5.46. The fourth-order valence-corrected chi connectivity index (χ4v) is 1.50. The minimum absolute atomic E-state index is 0.0619. The van der Waals surface area contributed by atoms with Crippen LogP contribution < -0.4 is 10.5 Å². The molecule has 19 heavy (non-hydrogen) atoms. The van der Waals surface area contributed by atoms with Crippen LogP contribution in [0.1, 0.15) is 11.3 Å². The van der Waals surface area contributed by atoms with Crippen LogP contribution in [-0.4, -0.2) is 4.98 Å². The van der Waals surface area contributed by atoms with Gasteiger partial charge in [-0.05, 0) is 30.3 Å². The van der Waals surface area contributed by atoms with Crippen LogP contribution in [0.5, 0.6) is 5.75 Å². The molecule has 0 aliphatic rings. The minimum Gasteiger partial charge on any atom is -0.487 e. The molecule has 1 aromatic carbocycles. The molecular weight excluding hydrogens is 257 g/mol. The fraction of sp³-hybridized carbons (Fsp3) is 0.154. The second-order valence-electron chi connectivity index (χ2n) is 3.87. The number of hydrogen-bond acceptors (Lipinski definition) is 3. The van der Waals surface area contributed by atoms with E-state index in [0.29, 0.717) is 11.5 Å². The van der Waals surface area contributed by atoms with Gasteiger partial charge in [0.2, 0.25) is 0 Å². The molecule has 0 amide bonds. The number of anilines is 1. The van der Waals surface area contributed by atoms with E-state index < -0.39 is 11.7 Å². The maximum absolute atomic E-state index is 12.5. The van der Waals surface area contributed by atoms with Crippen LogP contribution in [-0.2, 0) is 12.8 Å². The lowest BCUT2D eigenvalue weighted by Gasteiger charge is -2.10. The standard InChI is InChI=1S/C13H11F3N2O/c14-13(15,16)9-3-1-5-11(7-9)19-8-10-4-2-6-12(17)18-10/h1-7H,8H2,(H2,17,18). The Morgan fingerprint density at radius 1 is 1.11 bits per heavy atom. The molecule has 0 spiro atoms. The summed E-state index contributed by atoms with van der Waals surface area (Å²) in [5.41, 5.74) is 5.30. The van der Waals surface area contributed by atoms with Gasteiger partial charge in [0.05, 0.1) is 11.3 Å². The first-order valence-electron chi connectivity index (χ1n) is 5.46. The van der Waals surface area contributed by atoms with Gasteiger partial charge in [0, 0.05) is 0 Å². The number of rotatable bonds is 3. The summed E-state index contributed by atoms with van der Waals surface area (Å²) >= 11 is 0. The summed E-state index contributed by atoms with van der Waals surface area (Å²) in [6.07, 6.45) is -4.38. The molecule has 2 aromatic rings. The molecule has 0 saturated heterocycles. The van der Waals surface area contributed by atoms with Crippen molar-refractivity contribution in [3.05, 3.63) is 53.7 Å². The van der Waals surface area contributed by atoms with E-state index in [9.17, 15) is 13.2 Å². The highest BCUT2D eigenvalue weighted by molar-refractivity contribution is 5.31. The zero-order valence-corrected chi connectivity index (χ0v) is 9.82. The molecule has 0 aliphatic heterocycles. The van der Waals surface area contributed by atoms with Crippen molar-refractivity contribution >= 4 is 5.82 Å². The van der Waals surface area contributed by atoms with Gasteiger partial charge >= 0.3 is 6.18 Å². The lowest BCUT2D eigenvalue weighted by molar-refractivity contribution is -0.137. The molecule has 3 nitrogen and oxygen atoms in total. The van der Waals surface area contributed by atoms with Gasteiger partial charge in [-0.15, -0.1) is 0 Å². The third-order valence-electron chi connectivity index (χ3n) is 2.38. The maximum atomic E-state index is 12.5. The van der Waals surface area contributed by atoms with Crippen molar-refractivity contribution in [2.45, 2.75) is 12.8 Å². The lowest BCUT2D eigenvalue weighted by atomic mass is 10.2. The van der Waals surface area contributed by atoms with E-state index in [0.717, 1.165) is 12.1 Å². The number of hydrogen-bond donors (Lipinski definition) is 1. The van der Waals surface area contributed by atoms with Crippen molar-refractivity contribution in [3.8, 4) is 5.75 Å². The van der Waals surface area contributed by atoms with E-state index in [2.05, 4.69) is 4.98 Å². The van der Waals surface area contributed by atoms with E-state index in [1.54, 1.807) is 18.2 Å². The predicted molar refractivity (Wildman–Crippen MR) is 64.4 cm³/mol. The normalized spacial score (nSPS) is 11.3.